The third kappa shape index (κ3) is 2.49. The molecule has 1 aliphatic rings. The zero-order valence-electron chi connectivity index (χ0n) is 10.5. The second-order valence-corrected chi connectivity index (χ2v) is 4.83. The molecule has 1 aliphatic carbocycles. The van der Waals surface area contributed by atoms with Crippen molar-refractivity contribution in [1.82, 2.24) is 4.90 Å². The molecular weight excluding hydrogens is 186 g/mol. The van der Waals surface area contributed by atoms with Gasteiger partial charge in [-0.2, -0.15) is 0 Å². The minimum absolute atomic E-state index is 0.316. The highest BCUT2D eigenvalue weighted by Gasteiger charge is 2.35. The predicted octanol–water partition coefficient (Wildman–Crippen LogP) is 2.79. The lowest BCUT2D eigenvalue weighted by Gasteiger charge is -2.35. The van der Waals surface area contributed by atoms with Gasteiger partial charge in [-0.15, -0.1) is 0 Å². The van der Waals surface area contributed by atoms with Gasteiger partial charge in [0.05, 0.1) is 5.54 Å². The lowest BCUT2D eigenvalue weighted by atomic mass is 9.83. The Hall–Kier alpha value is -0.630. The molecule has 15 heavy (non-hydrogen) atoms. The van der Waals surface area contributed by atoms with Crippen molar-refractivity contribution in [2.24, 2.45) is 0 Å². The molecule has 0 radical (unpaired) electrons. The zero-order chi connectivity index (χ0) is 11.5. The summed E-state index contributed by atoms with van der Waals surface area (Å²) >= 11 is 0. The molecule has 0 fully saturated rings. The van der Waals surface area contributed by atoms with Gasteiger partial charge in [0, 0.05) is 0 Å². The molecule has 1 rings (SSSR count). The lowest BCUT2D eigenvalue weighted by molar-refractivity contribution is -0.125. The minimum Gasteiger partial charge on any atom is -0.297 e. The smallest absolute Gasteiger partial charge is 0.178 e. The van der Waals surface area contributed by atoms with Gasteiger partial charge in [0.2, 0.25) is 0 Å². The van der Waals surface area contributed by atoms with E-state index in [4.69, 9.17) is 0 Å². The van der Waals surface area contributed by atoms with E-state index in [-0.39, 0.29) is 5.54 Å². The van der Waals surface area contributed by atoms with Gasteiger partial charge in [-0.25, -0.2) is 0 Å². The zero-order valence-corrected chi connectivity index (χ0v) is 10.5. The van der Waals surface area contributed by atoms with Crippen molar-refractivity contribution in [2.45, 2.75) is 51.5 Å². The quantitative estimate of drug-likeness (QED) is 0.709. The van der Waals surface area contributed by atoms with Crippen molar-refractivity contribution < 1.29 is 4.79 Å². The molecule has 0 amide bonds. The highest BCUT2D eigenvalue weighted by molar-refractivity contribution is 6.02. The van der Waals surface area contributed by atoms with E-state index in [9.17, 15) is 4.79 Å². The van der Waals surface area contributed by atoms with E-state index in [1.54, 1.807) is 0 Å². The molecule has 0 heterocycles. The predicted molar refractivity (Wildman–Crippen MR) is 63.9 cm³/mol. The molecule has 0 aromatic carbocycles. The van der Waals surface area contributed by atoms with E-state index in [1.165, 1.54) is 12.8 Å². The van der Waals surface area contributed by atoms with Crippen molar-refractivity contribution in [2.75, 3.05) is 14.1 Å². The lowest BCUT2D eigenvalue weighted by Crippen LogP contribution is -2.48. The second-order valence-electron chi connectivity index (χ2n) is 4.83. The topological polar surface area (TPSA) is 20.3 Å². The summed E-state index contributed by atoms with van der Waals surface area (Å²) in [5.74, 6) is 0.328. The SMILES string of the molecule is CCC(C)(C(=O)C1=CCCCC1)N(C)C. The Morgan fingerprint density at radius 1 is 1.47 bits per heavy atom. The Bertz CT molecular complexity index is 268. The largest absolute Gasteiger partial charge is 0.297 e. The number of allylic oxidation sites excluding steroid dienone is 1. The molecule has 0 aromatic heterocycles. The van der Waals surface area contributed by atoms with Crippen molar-refractivity contribution in [3.05, 3.63) is 11.6 Å². The average molecular weight is 209 g/mol. The molecule has 0 saturated heterocycles. The molecule has 0 saturated carbocycles. The van der Waals surface area contributed by atoms with Crippen LogP contribution in [0, 0.1) is 0 Å². The maximum Gasteiger partial charge on any atom is 0.178 e. The molecule has 0 spiro atoms. The van der Waals surface area contributed by atoms with Crippen LogP contribution in [0.5, 0.6) is 0 Å². The molecule has 2 heteroatoms. The average Bonchev–Trinajstić information content (AvgIpc) is 2.28. The Balaban J connectivity index is 2.85. The first-order valence-electron chi connectivity index (χ1n) is 5.93. The number of hydrogen-bond donors (Lipinski definition) is 0. The number of nitrogens with zero attached hydrogens (tertiary/aromatic N) is 1. The van der Waals surface area contributed by atoms with E-state index in [0.717, 1.165) is 24.8 Å². The first-order valence-corrected chi connectivity index (χ1v) is 5.93. The molecule has 2 nitrogen and oxygen atoms in total. The summed E-state index contributed by atoms with van der Waals surface area (Å²) in [6.45, 7) is 4.13. The number of ketones is 1. The van der Waals surface area contributed by atoms with Crippen molar-refractivity contribution in [3.8, 4) is 0 Å². The van der Waals surface area contributed by atoms with E-state index in [2.05, 4.69) is 13.0 Å². The Morgan fingerprint density at radius 3 is 2.53 bits per heavy atom. The number of Topliss-reactive ketones (excluding diaryl/α,β-unsaturated/α-hetero) is 1. The van der Waals surface area contributed by atoms with E-state index in [1.807, 2.05) is 25.9 Å². The van der Waals surface area contributed by atoms with Gasteiger partial charge in [-0.1, -0.05) is 13.0 Å². The normalized spacial score (nSPS) is 21.0. The molecule has 1 unspecified atom stereocenters. The Morgan fingerprint density at radius 2 is 2.13 bits per heavy atom. The van der Waals surface area contributed by atoms with Gasteiger partial charge < -0.3 is 0 Å². The molecule has 0 aromatic rings. The summed E-state index contributed by atoms with van der Waals surface area (Å²) in [5, 5.41) is 0. The summed E-state index contributed by atoms with van der Waals surface area (Å²) < 4.78 is 0. The molecule has 0 aliphatic heterocycles. The third-order valence-corrected chi connectivity index (χ3v) is 3.75. The van der Waals surface area contributed by atoms with Crippen LogP contribution in [0.3, 0.4) is 0 Å². The molecule has 0 bridgehead atoms. The van der Waals surface area contributed by atoms with Gasteiger partial charge in [0.25, 0.3) is 0 Å². The highest BCUT2D eigenvalue weighted by atomic mass is 16.1. The summed E-state index contributed by atoms with van der Waals surface area (Å²) in [4.78, 5) is 14.4. The molecule has 86 valence electrons. The second kappa shape index (κ2) is 4.93. The standard InChI is InChI=1S/C13H23NO/c1-5-13(2,14(3)4)12(15)11-9-7-6-8-10-11/h9H,5-8,10H2,1-4H3. The monoisotopic (exact) mass is 209 g/mol. The van der Waals surface area contributed by atoms with Gasteiger partial charge in [0.1, 0.15) is 0 Å². The summed E-state index contributed by atoms with van der Waals surface area (Å²) in [6, 6.07) is 0. The highest BCUT2D eigenvalue weighted by Crippen LogP contribution is 2.27. The maximum atomic E-state index is 12.4. The Labute approximate surface area is 93.3 Å². The van der Waals surface area contributed by atoms with Crippen molar-refractivity contribution in [1.29, 1.82) is 0 Å². The Kier molecular flexibility index (Phi) is 4.09. The number of carbonyl (C=O) groups excluding carboxylic acids is 1. The fourth-order valence-corrected chi connectivity index (χ4v) is 2.07. The van der Waals surface area contributed by atoms with Crippen molar-refractivity contribution in [3.63, 3.8) is 0 Å². The van der Waals surface area contributed by atoms with E-state index >= 15 is 0 Å². The van der Waals surface area contributed by atoms with Crippen LogP contribution in [0.15, 0.2) is 11.6 Å². The number of rotatable bonds is 4. The number of carbonyl (C=O) groups is 1. The van der Waals surface area contributed by atoms with Crippen molar-refractivity contribution >= 4 is 5.78 Å². The number of likely N-dealkylation sites (N-methyl/N-ethyl adjacent to an activating group) is 1. The third-order valence-electron chi connectivity index (χ3n) is 3.75. The molecular formula is C13H23NO. The van der Waals surface area contributed by atoms with Gasteiger partial charge in [-0.05, 0) is 58.7 Å². The number of hydrogen-bond acceptors (Lipinski definition) is 2. The summed E-state index contributed by atoms with van der Waals surface area (Å²) in [5.41, 5.74) is 0.739. The van der Waals surface area contributed by atoms with Crippen LogP contribution in [0.4, 0.5) is 0 Å². The fraction of sp³-hybridized carbons (Fsp3) is 0.769. The van der Waals surface area contributed by atoms with Crippen LogP contribution in [-0.4, -0.2) is 30.3 Å². The van der Waals surface area contributed by atoms with Crippen LogP contribution in [0.2, 0.25) is 0 Å². The first-order chi connectivity index (χ1) is 7.02. The summed E-state index contributed by atoms with van der Waals surface area (Å²) in [6.07, 6.45) is 7.47. The molecule has 0 N–H and O–H groups in total. The van der Waals surface area contributed by atoms with Gasteiger partial charge in [-0.3, -0.25) is 9.69 Å². The van der Waals surface area contributed by atoms with E-state index in [0.29, 0.717) is 5.78 Å². The van der Waals surface area contributed by atoms with Crippen LogP contribution >= 0.6 is 0 Å². The van der Waals surface area contributed by atoms with Crippen LogP contribution < -0.4 is 0 Å². The van der Waals surface area contributed by atoms with Gasteiger partial charge >= 0.3 is 0 Å². The first kappa shape index (κ1) is 12.4. The van der Waals surface area contributed by atoms with Crippen LogP contribution in [0.1, 0.15) is 46.0 Å². The van der Waals surface area contributed by atoms with Crippen LogP contribution in [-0.2, 0) is 4.79 Å². The van der Waals surface area contributed by atoms with Crippen LogP contribution in [0.25, 0.3) is 0 Å². The molecule has 1 atom stereocenters. The summed E-state index contributed by atoms with van der Waals surface area (Å²) in [7, 11) is 3.98. The van der Waals surface area contributed by atoms with E-state index < -0.39 is 0 Å². The minimum atomic E-state index is -0.316. The van der Waals surface area contributed by atoms with Gasteiger partial charge in [0.15, 0.2) is 5.78 Å². The fourth-order valence-electron chi connectivity index (χ4n) is 2.07. The maximum absolute atomic E-state index is 12.4.